The molecule has 0 saturated heterocycles. The van der Waals surface area contributed by atoms with Gasteiger partial charge in [-0.1, -0.05) is 0 Å². The van der Waals surface area contributed by atoms with Crippen molar-refractivity contribution in [3.63, 3.8) is 0 Å². The van der Waals surface area contributed by atoms with E-state index in [1.807, 2.05) is 0 Å². The number of methoxy groups -OCH3 is 1. The van der Waals surface area contributed by atoms with Gasteiger partial charge < -0.3 is 14.3 Å². The molecule has 0 aliphatic heterocycles. The number of hydrogen-bond donors (Lipinski definition) is 1. The molecule has 0 amide bonds. The summed E-state index contributed by atoms with van der Waals surface area (Å²) < 4.78 is 9.69. The Morgan fingerprint density at radius 1 is 1.64 bits per heavy atom. The number of furan rings is 1. The molecule has 1 atom stereocenters. The average molecular weight is 198 g/mol. The van der Waals surface area contributed by atoms with Crippen LogP contribution in [0.5, 0.6) is 0 Å². The van der Waals surface area contributed by atoms with Crippen molar-refractivity contribution >= 4 is 5.97 Å². The molecule has 0 aromatic carbocycles. The van der Waals surface area contributed by atoms with Crippen LogP contribution in [0.3, 0.4) is 0 Å². The first-order chi connectivity index (χ1) is 6.63. The zero-order valence-electron chi connectivity index (χ0n) is 8.32. The van der Waals surface area contributed by atoms with Crippen molar-refractivity contribution in [3.8, 4) is 0 Å². The summed E-state index contributed by atoms with van der Waals surface area (Å²) >= 11 is 0. The van der Waals surface area contributed by atoms with Crippen LogP contribution in [0.2, 0.25) is 0 Å². The Kier molecular flexibility index (Phi) is 3.71. The molecule has 0 bridgehead atoms. The first-order valence-electron chi connectivity index (χ1n) is 4.48. The molecule has 0 fully saturated rings. The van der Waals surface area contributed by atoms with Gasteiger partial charge in [0.2, 0.25) is 5.76 Å². The molecule has 1 rings (SSSR count). The average Bonchev–Trinajstić information content (AvgIpc) is 2.62. The molecular weight excluding hydrogens is 184 g/mol. The van der Waals surface area contributed by atoms with E-state index in [4.69, 9.17) is 9.52 Å². The number of rotatable bonds is 4. The summed E-state index contributed by atoms with van der Waals surface area (Å²) in [5.41, 5.74) is 0. The molecule has 1 unspecified atom stereocenters. The zero-order valence-corrected chi connectivity index (χ0v) is 8.32. The zero-order chi connectivity index (χ0) is 10.6. The van der Waals surface area contributed by atoms with E-state index < -0.39 is 5.97 Å². The van der Waals surface area contributed by atoms with E-state index in [1.54, 1.807) is 19.1 Å². The number of aliphatic hydroxyl groups excluding tert-OH is 1. The van der Waals surface area contributed by atoms with Gasteiger partial charge in [0.15, 0.2) is 0 Å². The highest BCUT2D eigenvalue weighted by Gasteiger charge is 2.11. The molecule has 1 heterocycles. The van der Waals surface area contributed by atoms with E-state index in [1.165, 1.54) is 7.11 Å². The summed E-state index contributed by atoms with van der Waals surface area (Å²) in [6, 6.07) is 3.29. The minimum absolute atomic E-state index is 0.202. The second kappa shape index (κ2) is 4.81. The summed E-state index contributed by atoms with van der Waals surface area (Å²) in [6.07, 6.45) is 0.879. The second-order valence-corrected chi connectivity index (χ2v) is 3.15. The maximum absolute atomic E-state index is 11.0. The van der Waals surface area contributed by atoms with Crippen molar-refractivity contribution in [2.75, 3.05) is 7.11 Å². The van der Waals surface area contributed by atoms with Gasteiger partial charge in [-0.2, -0.15) is 0 Å². The van der Waals surface area contributed by atoms with Crippen molar-refractivity contribution in [1.29, 1.82) is 0 Å². The van der Waals surface area contributed by atoms with Gasteiger partial charge in [-0.3, -0.25) is 0 Å². The van der Waals surface area contributed by atoms with E-state index in [2.05, 4.69) is 4.74 Å². The molecule has 0 saturated carbocycles. The highest BCUT2D eigenvalue weighted by molar-refractivity contribution is 5.86. The minimum Gasteiger partial charge on any atom is -0.463 e. The minimum atomic E-state index is -0.478. The van der Waals surface area contributed by atoms with Gasteiger partial charge >= 0.3 is 5.97 Å². The molecule has 1 aromatic rings. The van der Waals surface area contributed by atoms with Crippen LogP contribution in [0.15, 0.2) is 16.5 Å². The smallest absolute Gasteiger partial charge is 0.373 e. The quantitative estimate of drug-likeness (QED) is 0.742. The van der Waals surface area contributed by atoms with E-state index in [9.17, 15) is 4.79 Å². The van der Waals surface area contributed by atoms with Crippen molar-refractivity contribution in [1.82, 2.24) is 0 Å². The van der Waals surface area contributed by atoms with Crippen molar-refractivity contribution < 1.29 is 19.1 Å². The van der Waals surface area contributed by atoms with Gasteiger partial charge in [0.05, 0.1) is 13.2 Å². The van der Waals surface area contributed by atoms with Gasteiger partial charge in [-0.05, 0) is 25.5 Å². The van der Waals surface area contributed by atoms with Crippen LogP contribution in [0.1, 0.15) is 29.7 Å². The molecule has 4 heteroatoms. The first-order valence-corrected chi connectivity index (χ1v) is 4.48. The normalized spacial score (nSPS) is 12.5. The van der Waals surface area contributed by atoms with Crippen LogP contribution in [0.4, 0.5) is 0 Å². The van der Waals surface area contributed by atoms with Crippen LogP contribution >= 0.6 is 0 Å². The standard InChI is InChI=1S/C10H14O4/c1-7(11)3-4-8-5-6-9(14-8)10(12)13-2/h5-7,11H,3-4H2,1-2H3. The number of esters is 1. The topological polar surface area (TPSA) is 59.7 Å². The lowest BCUT2D eigenvalue weighted by Crippen LogP contribution is -2.01. The summed E-state index contributed by atoms with van der Waals surface area (Å²) in [7, 11) is 1.31. The number of hydrogen-bond acceptors (Lipinski definition) is 4. The summed E-state index contributed by atoms with van der Waals surface area (Å²) in [5.74, 6) is 0.410. The fourth-order valence-electron chi connectivity index (χ4n) is 1.07. The van der Waals surface area contributed by atoms with Crippen LogP contribution in [-0.4, -0.2) is 24.3 Å². The predicted molar refractivity (Wildman–Crippen MR) is 50.0 cm³/mol. The number of carbonyl (C=O) groups is 1. The van der Waals surface area contributed by atoms with Crippen molar-refractivity contribution in [2.24, 2.45) is 0 Å². The van der Waals surface area contributed by atoms with E-state index in [0.717, 1.165) is 0 Å². The van der Waals surface area contributed by atoms with Gasteiger partial charge in [-0.15, -0.1) is 0 Å². The Labute approximate surface area is 82.5 Å². The molecule has 1 N–H and O–H groups in total. The lowest BCUT2D eigenvalue weighted by molar-refractivity contribution is 0.0563. The number of aliphatic hydroxyl groups is 1. The maximum atomic E-state index is 11.0. The molecule has 0 radical (unpaired) electrons. The van der Waals surface area contributed by atoms with E-state index in [0.29, 0.717) is 18.6 Å². The van der Waals surface area contributed by atoms with Crippen LogP contribution in [-0.2, 0) is 11.2 Å². The van der Waals surface area contributed by atoms with Gasteiger partial charge in [0.1, 0.15) is 5.76 Å². The number of aryl methyl sites for hydroxylation is 1. The molecule has 0 aliphatic carbocycles. The maximum Gasteiger partial charge on any atom is 0.373 e. The summed E-state index contributed by atoms with van der Waals surface area (Å²) in [4.78, 5) is 11.0. The largest absolute Gasteiger partial charge is 0.463 e. The number of carbonyl (C=O) groups excluding carboxylic acids is 1. The molecule has 0 aliphatic rings. The molecule has 14 heavy (non-hydrogen) atoms. The third kappa shape index (κ3) is 2.88. The fourth-order valence-corrected chi connectivity index (χ4v) is 1.07. The van der Waals surface area contributed by atoms with Gasteiger partial charge in [-0.25, -0.2) is 4.79 Å². The highest BCUT2D eigenvalue weighted by atomic mass is 16.5. The number of ether oxygens (including phenoxy) is 1. The third-order valence-corrected chi connectivity index (χ3v) is 1.86. The first kappa shape index (κ1) is 10.8. The highest BCUT2D eigenvalue weighted by Crippen LogP contribution is 2.11. The van der Waals surface area contributed by atoms with Gasteiger partial charge in [0, 0.05) is 6.42 Å². The Balaban J connectivity index is 2.55. The monoisotopic (exact) mass is 198 g/mol. The van der Waals surface area contributed by atoms with Crippen molar-refractivity contribution in [3.05, 3.63) is 23.7 Å². The van der Waals surface area contributed by atoms with E-state index in [-0.39, 0.29) is 11.9 Å². The predicted octanol–water partition coefficient (Wildman–Crippen LogP) is 1.38. The summed E-state index contributed by atoms with van der Waals surface area (Å²) in [6.45, 7) is 1.71. The van der Waals surface area contributed by atoms with Gasteiger partial charge in [0.25, 0.3) is 0 Å². The Morgan fingerprint density at radius 2 is 2.36 bits per heavy atom. The van der Waals surface area contributed by atoms with Crippen LogP contribution in [0.25, 0.3) is 0 Å². The van der Waals surface area contributed by atoms with Crippen LogP contribution < -0.4 is 0 Å². The lowest BCUT2D eigenvalue weighted by Gasteiger charge is -2.00. The molecule has 1 aromatic heterocycles. The fraction of sp³-hybridized carbons (Fsp3) is 0.500. The summed E-state index contributed by atoms with van der Waals surface area (Å²) in [5, 5.41) is 9.04. The molecule has 78 valence electrons. The van der Waals surface area contributed by atoms with Crippen LogP contribution in [0, 0.1) is 0 Å². The SMILES string of the molecule is COC(=O)c1ccc(CCC(C)O)o1. The molecule has 0 spiro atoms. The Morgan fingerprint density at radius 3 is 2.93 bits per heavy atom. The van der Waals surface area contributed by atoms with Crippen molar-refractivity contribution in [2.45, 2.75) is 25.9 Å². The van der Waals surface area contributed by atoms with E-state index >= 15 is 0 Å². The Hall–Kier alpha value is -1.29. The molecular formula is C10H14O4. The Bertz CT molecular complexity index is 301. The second-order valence-electron chi connectivity index (χ2n) is 3.15. The third-order valence-electron chi connectivity index (χ3n) is 1.86. The molecule has 4 nitrogen and oxygen atoms in total. The lowest BCUT2D eigenvalue weighted by atomic mass is 10.2.